The Balaban J connectivity index is 1.62. The van der Waals surface area contributed by atoms with Crippen LogP contribution in [-0.4, -0.2) is 32.7 Å². The quantitative estimate of drug-likeness (QED) is 0.386. The minimum absolute atomic E-state index is 0.120. The van der Waals surface area contributed by atoms with Crippen molar-refractivity contribution in [3.05, 3.63) is 83.8 Å². The van der Waals surface area contributed by atoms with Crippen LogP contribution in [0.15, 0.2) is 76.2 Å². The lowest BCUT2D eigenvalue weighted by molar-refractivity contribution is -0.115. The Morgan fingerprint density at radius 3 is 2.31 bits per heavy atom. The molecule has 1 N–H and O–H groups in total. The maximum atomic E-state index is 12.6. The van der Waals surface area contributed by atoms with Gasteiger partial charge in [0.1, 0.15) is 0 Å². The average molecular weight is 455 g/mol. The molecule has 3 aromatic rings. The summed E-state index contributed by atoms with van der Waals surface area (Å²) in [6, 6.07) is 15.4. The molecule has 0 aliphatic rings. The van der Waals surface area contributed by atoms with E-state index in [-0.39, 0.29) is 22.1 Å². The van der Waals surface area contributed by atoms with Gasteiger partial charge in [-0.3, -0.25) is 9.59 Å². The summed E-state index contributed by atoms with van der Waals surface area (Å²) in [4.78, 5) is 36.2. The molecule has 0 spiro atoms. The predicted molar refractivity (Wildman–Crippen MR) is 116 cm³/mol. The van der Waals surface area contributed by atoms with Gasteiger partial charge in [-0.05, 0) is 42.5 Å². The van der Waals surface area contributed by atoms with E-state index < -0.39 is 33.9 Å². The fourth-order valence-electron chi connectivity index (χ4n) is 2.81. The first-order valence-electron chi connectivity index (χ1n) is 9.74. The number of ether oxygens (including phenoxy) is 1. The molecule has 0 saturated heterocycles. The van der Waals surface area contributed by atoms with E-state index in [2.05, 4.69) is 5.32 Å². The topological polar surface area (TPSA) is 120 Å². The van der Waals surface area contributed by atoms with Gasteiger partial charge in [-0.25, -0.2) is 13.2 Å². The van der Waals surface area contributed by atoms with Crippen LogP contribution in [0.2, 0.25) is 0 Å². The number of carbonyl (C=O) groups excluding carboxylic acids is 3. The van der Waals surface area contributed by atoms with E-state index in [4.69, 9.17) is 9.15 Å². The van der Waals surface area contributed by atoms with Crippen molar-refractivity contribution in [2.45, 2.75) is 24.0 Å². The molecule has 1 amide bonds. The Labute approximate surface area is 185 Å². The third-order valence-corrected chi connectivity index (χ3v) is 6.21. The Morgan fingerprint density at radius 2 is 1.66 bits per heavy atom. The highest BCUT2D eigenvalue weighted by molar-refractivity contribution is 7.90. The maximum Gasteiger partial charge on any atom is 0.374 e. The molecule has 0 bridgehead atoms. The lowest BCUT2D eigenvalue weighted by Crippen LogP contribution is -2.16. The summed E-state index contributed by atoms with van der Waals surface area (Å²) in [6.45, 7) is 1.17. The van der Waals surface area contributed by atoms with Crippen molar-refractivity contribution in [1.82, 2.24) is 0 Å². The average Bonchev–Trinajstić information content (AvgIpc) is 3.25. The molecule has 9 heteroatoms. The van der Waals surface area contributed by atoms with Crippen molar-refractivity contribution in [2.24, 2.45) is 0 Å². The predicted octanol–water partition coefficient (Wildman–Crippen LogP) is 3.64. The highest BCUT2D eigenvalue weighted by Crippen LogP contribution is 2.20. The molecule has 0 fully saturated rings. The largest absolute Gasteiger partial charge is 0.457 e. The van der Waals surface area contributed by atoms with E-state index >= 15 is 0 Å². The van der Waals surface area contributed by atoms with Crippen LogP contribution in [0.1, 0.15) is 39.8 Å². The van der Waals surface area contributed by atoms with Gasteiger partial charge in [-0.15, -0.1) is 0 Å². The third kappa shape index (κ3) is 5.70. The first kappa shape index (κ1) is 23.0. The summed E-state index contributed by atoms with van der Waals surface area (Å²) in [6.07, 6.45) is 1.52. The molecule has 0 aliphatic heterocycles. The fourth-order valence-corrected chi connectivity index (χ4v) is 4.19. The zero-order valence-electron chi connectivity index (χ0n) is 17.2. The van der Waals surface area contributed by atoms with Crippen molar-refractivity contribution in [3.63, 3.8) is 0 Å². The molecule has 0 aliphatic carbocycles. The molecule has 2 aromatic carbocycles. The molecule has 0 unspecified atom stereocenters. The molecule has 0 atom stereocenters. The zero-order chi connectivity index (χ0) is 23.1. The molecule has 1 heterocycles. The Morgan fingerprint density at radius 1 is 0.969 bits per heavy atom. The molecular weight excluding hydrogens is 434 g/mol. The maximum absolute atomic E-state index is 12.6. The summed E-state index contributed by atoms with van der Waals surface area (Å²) in [5.41, 5.74) is 0.978. The number of amides is 1. The lowest BCUT2D eigenvalue weighted by Gasteiger charge is -2.07. The van der Waals surface area contributed by atoms with Crippen molar-refractivity contribution in [1.29, 1.82) is 0 Å². The molecule has 8 nitrogen and oxygen atoms in total. The minimum Gasteiger partial charge on any atom is -0.457 e. The van der Waals surface area contributed by atoms with E-state index in [0.29, 0.717) is 17.7 Å². The second kappa shape index (κ2) is 10.1. The molecule has 1 aromatic heterocycles. The highest BCUT2D eigenvalue weighted by atomic mass is 32.2. The van der Waals surface area contributed by atoms with Crippen molar-refractivity contribution in [2.75, 3.05) is 11.9 Å². The van der Waals surface area contributed by atoms with Crippen LogP contribution in [-0.2, 0) is 25.1 Å². The fraction of sp³-hybridized carbons (Fsp3) is 0.174. The highest BCUT2D eigenvalue weighted by Gasteiger charge is 2.24. The summed E-state index contributed by atoms with van der Waals surface area (Å²) in [5, 5.41) is 2.67. The van der Waals surface area contributed by atoms with Crippen LogP contribution in [0, 0.1) is 0 Å². The van der Waals surface area contributed by atoms with Gasteiger partial charge in [0.05, 0.1) is 16.9 Å². The van der Waals surface area contributed by atoms with Crippen LogP contribution in [0.4, 0.5) is 5.69 Å². The number of furan rings is 1. The van der Waals surface area contributed by atoms with Crippen LogP contribution >= 0.6 is 0 Å². The number of benzene rings is 2. The summed E-state index contributed by atoms with van der Waals surface area (Å²) >= 11 is 0. The van der Waals surface area contributed by atoms with Gasteiger partial charge < -0.3 is 14.5 Å². The summed E-state index contributed by atoms with van der Waals surface area (Å²) in [5.74, 6) is -2.27. The second-order valence-corrected chi connectivity index (χ2v) is 8.82. The van der Waals surface area contributed by atoms with Crippen molar-refractivity contribution < 1.29 is 32.0 Å². The third-order valence-electron chi connectivity index (χ3n) is 4.53. The number of hydrogen-bond acceptors (Lipinski definition) is 7. The molecule has 0 radical (unpaired) electrons. The van der Waals surface area contributed by atoms with Gasteiger partial charge in [0.15, 0.2) is 22.2 Å². The number of hydrogen-bond donors (Lipinski definition) is 1. The zero-order valence-corrected chi connectivity index (χ0v) is 18.1. The van der Waals surface area contributed by atoms with Gasteiger partial charge in [0, 0.05) is 23.2 Å². The number of sulfone groups is 1. The van der Waals surface area contributed by atoms with E-state index in [0.717, 1.165) is 0 Å². The van der Waals surface area contributed by atoms with Crippen LogP contribution in [0.3, 0.4) is 0 Å². The van der Waals surface area contributed by atoms with Crippen LogP contribution < -0.4 is 5.32 Å². The van der Waals surface area contributed by atoms with Crippen molar-refractivity contribution in [3.8, 4) is 0 Å². The van der Waals surface area contributed by atoms with E-state index in [9.17, 15) is 22.8 Å². The lowest BCUT2D eigenvalue weighted by atomic mass is 10.1. The molecule has 166 valence electrons. The van der Waals surface area contributed by atoms with Gasteiger partial charge in [0.25, 0.3) is 0 Å². The minimum atomic E-state index is -3.69. The van der Waals surface area contributed by atoms with Crippen molar-refractivity contribution >= 4 is 33.2 Å². The number of carbonyl (C=O) groups is 3. The molecule has 0 saturated carbocycles. The normalized spacial score (nSPS) is 11.0. The molecule has 32 heavy (non-hydrogen) atoms. The number of rotatable bonds is 9. The standard InChI is InChI=1S/C23H21NO7S/c1-2-21(26)24-18-10-8-16(9-11-18)20(25)14-31-23(27)22-17(12-13-30-22)15-32(28,29)19-6-4-3-5-7-19/h3-13H,2,14-15H2,1H3,(H,24,26). The van der Waals surface area contributed by atoms with Gasteiger partial charge in [-0.2, -0.15) is 0 Å². The van der Waals surface area contributed by atoms with Gasteiger partial charge in [0.2, 0.25) is 11.7 Å². The first-order chi connectivity index (χ1) is 15.3. The monoisotopic (exact) mass is 455 g/mol. The second-order valence-electron chi connectivity index (χ2n) is 6.83. The number of anilines is 1. The first-order valence-corrected chi connectivity index (χ1v) is 11.4. The number of esters is 1. The number of Topliss-reactive ketones (excluding diaryl/α,β-unsaturated/α-hetero) is 1. The molecule has 3 rings (SSSR count). The van der Waals surface area contributed by atoms with E-state index in [1.807, 2.05) is 0 Å². The van der Waals surface area contributed by atoms with Crippen LogP contribution in [0.25, 0.3) is 0 Å². The smallest absolute Gasteiger partial charge is 0.374 e. The number of nitrogens with one attached hydrogen (secondary N) is 1. The SMILES string of the molecule is CCC(=O)Nc1ccc(C(=O)COC(=O)c2occc2CS(=O)(=O)c2ccccc2)cc1. The number of ketones is 1. The Kier molecular flexibility index (Phi) is 7.21. The molecular formula is C23H21NO7S. The summed E-state index contributed by atoms with van der Waals surface area (Å²) < 4.78 is 35.3. The summed E-state index contributed by atoms with van der Waals surface area (Å²) in [7, 11) is -3.69. The van der Waals surface area contributed by atoms with E-state index in [1.54, 1.807) is 37.3 Å². The van der Waals surface area contributed by atoms with E-state index in [1.165, 1.54) is 36.6 Å². The Hall–Kier alpha value is -3.72. The Bertz CT molecular complexity index is 1210. The van der Waals surface area contributed by atoms with Gasteiger partial charge >= 0.3 is 5.97 Å². The van der Waals surface area contributed by atoms with Crippen LogP contribution in [0.5, 0.6) is 0 Å². The van der Waals surface area contributed by atoms with Gasteiger partial charge in [-0.1, -0.05) is 25.1 Å².